The number of thioether (sulfide) groups is 1. The molecule has 22 heavy (non-hydrogen) atoms. The number of hydrogen-bond acceptors (Lipinski definition) is 2. The lowest BCUT2D eigenvalue weighted by Crippen LogP contribution is -2.22. The smallest absolute Gasteiger partial charge is 0.221 e. The van der Waals surface area contributed by atoms with E-state index in [-0.39, 0.29) is 11.7 Å². The highest BCUT2D eigenvalue weighted by Crippen LogP contribution is 2.14. The summed E-state index contributed by atoms with van der Waals surface area (Å²) < 4.78 is 13.0. The predicted molar refractivity (Wildman–Crippen MR) is 90.2 cm³/mol. The van der Waals surface area contributed by atoms with Crippen LogP contribution < -0.4 is 5.32 Å². The van der Waals surface area contributed by atoms with E-state index in [9.17, 15) is 9.18 Å². The Balaban J connectivity index is 1.62. The molecule has 116 valence electrons. The third kappa shape index (κ3) is 5.90. The summed E-state index contributed by atoms with van der Waals surface area (Å²) in [7, 11) is 0. The van der Waals surface area contributed by atoms with Crippen LogP contribution in [0.5, 0.6) is 0 Å². The Kier molecular flexibility index (Phi) is 6.46. The SMILES string of the molecule is Cc1ccc(CNC(=O)CCSCc2cccc(F)c2)cc1. The number of hydrogen-bond donors (Lipinski definition) is 1. The van der Waals surface area contributed by atoms with Gasteiger partial charge in [-0.1, -0.05) is 42.0 Å². The Morgan fingerprint density at radius 2 is 1.91 bits per heavy atom. The molecule has 0 atom stereocenters. The molecule has 2 aromatic rings. The van der Waals surface area contributed by atoms with Crippen LogP contribution in [0.25, 0.3) is 0 Å². The summed E-state index contributed by atoms with van der Waals surface area (Å²) in [6.45, 7) is 2.60. The maximum absolute atomic E-state index is 13.0. The fourth-order valence-corrected chi connectivity index (χ4v) is 2.87. The summed E-state index contributed by atoms with van der Waals surface area (Å²) in [4.78, 5) is 11.8. The molecule has 0 unspecified atom stereocenters. The first-order chi connectivity index (χ1) is 10.6. The number of halogens is 1. The van der Waals surface area contributed by atoms with Gasteiger partial charge >= 0.3 is 0 Å². The monoisotopic (exact) mass is 317 g/mol. The van der Waals surface area contributed by atoms with Gasteiger partial charge in [0.15, 0.2) is 0 Å². The minimum atomic E-state index is -0.214. The quantitative estimate of drug-likeness (QED) is 0.780. The van der Waals surface area contributed by atoms with Crippen molar-refractivity contribution in [1.29, 1.82) is 0 Å². The third-order valence-corrected chi connectivity index (χ3v) is 4.27. The van der Waals surface area contributed by atoms with Crippen LogP contribution in [-0.2, 0) is 17.1 Å². The number of nitrogens with one attached hydrogen (secondary N) is 1. The standard InChI is InChI=1S/C18H20FNOS/c1-14-5-7-15(8-6-14)12-20-18(21)9-10-22-13-16-3-2-4-17(19)11-16/h2-8,11H,9-10,12-13H2,1H3,(H,20,21). The molecule has 0 aliphatic carbocycles. The van der Waals surface area contributed by atoms with E-state index < -0.39 is 0 Å². The van der Waals surface area contributed by atoms with E-state index in [0.29, 0.717) is 13.0 Å². The minimum Gasteiger partial charge on any atom is -0.352 e. The molecule has 0 fully saturated rings. The first-order valence-corrected chi connectivity index (χ1v) is 8.43. The van der Waals surface area contributed by atoms with Crippen molar-refractivity contribution in [1.82, 2.24) is 5.32 Å². The molecular weight excluding hydrogens is 297 g/mol. The molecule has 0 saturated heterocycles. The van der Waals surface area contributed by atoms with Crippen LogP contribution in [0.3, 0.4) is 0 Å². The van der Waals surface area contributed by atoms with Crippen molar-refractivity contribution in [2.75, 3.05) is 5.75 Å². The Labute approximate surface area is 135 Å². The van der Waals surface area contributed by atoms with E-state index in [2.05, 4.69) is 5.32 Å². The van der Waals surface area contributed by atoms with Crippen LogP contribution in [0.15, 0.2) is 48.5 Å². The highest BCUT2D eigenvalue weighted by Gasteiger charge is 2.02. The molecule has 1 amide bonds. The molecule has 0 saturated carbocycles. The van der Waals surface area contributed by atoms with Crippen molar-refractivity contribution in [3.05, 3.63) is 71.0 Å². The fourth-order valence-electron chi connectivity index (χ4n) is 1.98. The first-order valence-electron chi connectivity index (χ1n) is 7.28. The van der Waals surface area contributed by atoms with Gasteiger partial charge in [-0.25, -0.2) is 4.39 Å². The van der Waals surface area contributed by atoms with Crippen molar-refractivity contribution in [2.24, 2.45) is 0 Å². The van der Waals surface area contributed by atoms with Crippen LogP contribution in [0.2, 0.25) is 0 Å². The van der Waals surface area contributed by atoms with Crippen LogP contribution in [0.4, 0.5) is 4.39 Å². The van der Waals surface area contributed by atoms with Gasteiger partial charge in [0.25, 0.3) is 0 Å². The number of amides is 1. The van der Waals surface area contributed by atoms with Gasteiger partial charge in [-0.05, 0) is 30.2 Å². The van der Waals surface area contributed by atoms with Crippen molar-refractivity contribution in [3.63, 3.8) is 0 Å². The Bertz CT molecular complexity index is 613. The summed E-state index contributed by atoms with van der Waals surface area (Å²) in [5, 5.41) is 2.91. The Morgan fingerprint density at radius 3 is 2.64 bits per heavy atom. The van der Waals surface area contributed by atoms with Crippen LogP contribution in [0, 0.1) is 12.7 Å². The third-order valence-electron chi connectivity index (χ3n) is 3.24. The van der Waals surface area contributed by atoms with Gasteiger partial charge in [0.1, 0.15) is 5.82 Å². The van der Waals surface area contributed by atoms with E-state index in [0.717, 1.165) is 22.6 Å². The summed E-state index contributed by atoms with van der Waals surface area (Å²) in [5.41, 5.74) is 3.26. The second-order valence-corrected chi connectivity index (χ2v) is 6.30. The number of benzene rings is 2. The molecule has 0 aliphatic rings. The van der Waals surface area contributed by atoms with Gasteiger partial charge in [-0.3, -0.25) is 4.79 Å². The van der Waals surface area contributed by atoms with Crippen molar-refractivity contribution in [2.45, 2.75) is 25.6 Å². The van der Waals surface area contributed by atoms with Crippen LogP contribution >= 0.6 is 11.8 Å². The van der Waals surface area contributed by atoms with E-state index >= 15 is 0 Å². The molecule has 0 spiro atoms. The maximum atomic E-state index is 13.0. The van der Waals surface area contributed by atoms with Gasteiger partial charge in [0, 0.05) is 24.5 Å². The van der Waals surface area contributed by atoms with Crippen LogP contribution in [-0.4, -0.2) is 11.7 Å². The van der Waals surface area contributed by atoms with Gasteiger partial charge in [0.05, 0.1) is 0 Å². The zero-order chi connectivity index (χ0) is 15.8. The normalized spacial score (nSPS) is 10.5. The molecule has 0 bridgehead atoms. The summed E-state index contributed by atoms with van der Waals surface area (Å²) in [6.07, 6.45) is 0.478. The summed E-state index contributed by atoms with van der Waals surface area (Å²) >= 11 is 1.64. The van der Waals surface area contributed by atoms with E-state index in [1.165, 1.54) is 17.7 Å². The zero-order valence-electron chi connectivity index (χ0n) is 12.6. The average molecular weight is 317 g/mol. The highest BCUT2D eigenvalue weighted by atomic mass is 32.2. The molecule has 0 aromatic heterocycles. The highest BCUT2D eigenvalue weighted by molar-refractivity contribution is 7.98. The molecule has 2 rings (SSSR count). The summed E-state index contributed by atoms with van der Waals surface area (Å²) in [5.74, 6) is 1.29. The second-order valence-electron chi connectivity index (χ2n) is 5.19. The largest absolute Gasteiger partial charge is 0.352 e. The number of carbonyl (C=O) groups excluding carboxylic acids is 1. The van der Waals surface area contributed by atoms with Gasteiger partial charge in [-0.2, -0.15) is 11.8 Å². The van der Waals surface area contributed by atoms with Gasteiger partial charge in [-0.15, -0.1) is 0 Å². The van der Waals surface area contributed by atoms with Crippen molar-refractivity contribution in [3.8, 4) is 0 Å². The fraction of sp³-hybridized carbons (Fsp3) is 0.278. The molecular formula is C18H20FNOS. The van der Waals surface area contributed by atoms with Crippen LogP contribution in [0.1, 0.15) is 23.1 Å². The van der Waals surface area contributed by atoms with Crippen molar-refractivity contribution >= 4 is 17.7 Å². The predicted octanol–water partition coefficient (Wildman–Crippen LogP) is 4.07. The Hall–Kier alpha value is -1.81. The van der Waals surface area contributed by atoms with Crippen molar-refractivity contribution < 1.29 is 9.18 Å². The molecule has 1 N–H and O–H groups in total. The van der Waals surface area contributed by atoms with E-state index in [1.54, 1.807) is 17.8 Å². The first kappa shape index (κ1) is 16.6. The van der Waals surface area contributed by atoms with Gasteiger partial charge < -0.3 is 5.32 Å². The van der Waals surface area contributed by atoms with E-state index in [1.807, 2.05) is 37.3 Å². The lowest BCUT2D eigenvalue weighted by atomic mass is 10.1. The number of rotatable bonds is 7. The number of aryl methyl sites for hydroxylation is 1. The average Bonchev–Trinajstić information content (AvgIpc) is 2.51. The van der Waals surface area contributed by atoms with E-state index in [4.69, 9.17) is 0 Å². The van der Waals surface area contributed by atoms with Gasteiger partial charge in [0.2, 0.25) is 5.91 Å². The Morgan fingerprint density at radius 1 is 1.14 bits per heavy atom. The molecule has 0 heterocycles. The lowest BCUT2D eigenvalue weighted by molar-refractivity contribution is -0.120. The molecule has 0 aliphatic heterocycles. The molecule has 4 heteroatoms. The minimum absolute atomic E-state index is 0.0484. The lowest BCUT2D eigenvalue weighted by Gasteiger charge is -2.06. The summed E-state index contributed by atoms with van der Waals surface area (Å²) in [6, 6.07) is 14.7. The zero-order valence-corrected chi connectivity index (χ0v) is 13.5. The topological polar surface area (TPSA) is 29.1 Å². The molecule has 0 radical (unpaired) electrons. The molecule has 2 aromatic carbocycles. The number of carbonyl (C=O) groups is 1. The molecule has 2 nitrogen and oxygen atoms in total. The maximum Gasteiger partial charge on any atom is 0.221 e. The second kappa shape index (κ2) is 8.59.